The molecule has 0 saturated heterocycles. The second-order valence-electron chi connectivity index (χ2n) is 36.7. The fourth-order valence-corrected chi connectivity index (χ4v) is 19.0. The van der Waals surface area contributed by atoms with Crippen molar-refractivity contribution in [1.29, 1.82) is 0 Å². The van der Waals surface area contributed by atoms with E-state index < -0.39 is 77.0 Å². The summed E-state index contributed by atoms with van der Waals surface area (Å²) in [6, 6.07) is 53.1. The van der Waals surface area contributed by atoms with Crippen molar-refractivity contribution in [1.82, 2.24) is 19.6 Å². The summed E-state index contributed by atoms with van der Waals surface area (Å²) >= 11 is 0. The highest BCUT2D eigenvalue weighted by molar-refractivity contribution is 6.61. The Kier molecular flexibility index (Phi) is 26.7. The Morgan fingerprint density at radius 1 is 0.331 bits per heavy atom. The average Bonchev–Trinajstić information content (AvgIpc) is 0.669. The number of imide groups is 2. The van der Waals surface area contributed by atoms with E-state index in [2.05, 4.69) is 83.1 Å². The van der Waals surface area contributed by atoms with Crippen LogP contribution in [0, 0.1) is 11.8 Å². The minimum Gasteiger partial charge on any atom is -0.457 e. The number of hydrogen-bond acceptors (Lipinski definition) is 18. The van der Waals surface area contributed by atoms with Crippen LogP contribution < -0.4 is 18.9 Å². The number of benzene rings is 11. The maximum absolute atomic E-state index is 17.0. The first-order valence-corrected chi connectivity index (χ1v) is 46.1. The van der Waals surface area contributed by atoms with E-state index in [1.807, 2.05) is 158 Å². The summed E-state index contributed by atoms with van der Waals surface area (Å²) in [6.07, 6.45) is -0.0710. The van der Waals surface area contributed by atoms with Crippen molar-refractivity contribution in [3.05, 3.63) is 238 Å². The van der Waals surface area contributed by atoms with E-state index in [9.17, 15) is 0 Å². The number of nitrogens with zero attached hydrogens (tertiary/aromatic N) is 4. The number of amides is 6. The summed E-state index contributed by atoms with van der Waals surface area (Å²) in [5.41, 5.74) is 4.37. The molecule has 24 heteroatoms. The van der Waals surface area contributed by atoms with E-state index in [1.165, 1.54) is 42.7 Å². The molecular formula is C100H116N4O18Si2. The molecule has 0 bridgehead atoms. The van der Waals surface area contributed by atoms with Crippen LogP contribution in [0.5, 0.6) is 46.0 Å². The first kappa shape index (κ1) is 91.0. The van der Waals surface area contributed by atoms with E-state index in [-0.39, 0.29) is 162 Å². The van der Waals surface area contributed by atoms with Gasteiger partial charge in [0.15, 0.2) is 0 Å². The average molecular weight is 1720 g/mol. The molecule has 11 aromatic carbocycles. The maximum atomic E-state index is 17.0. The van der Waals surface area contributed by atoms with Crippen LogP contribution in [-0.2, 0) is 80.4 Å². The molecular weight excluding hydrogens is 1600 g/mol. The van der Waals surface area contributed by atoms with E-state index in [1.54, 1.807) is 61.8 Å². The third-order valence-corrected chi connectivity index (χ3v) is 28.4. The molecule has 6 amide bonds. The van der Waals surface area contributed by atoms with Gasteiger partial charge in [0.1, 0.15) is 70.5 Å². The Balaban J connectivity index is 1.14. The molecule has 11 aromatic rings. The third kappa shape index (κ3) is 18.4. The second-order valence-corrected chi connectivity index (χ2v) is 42.5. The molecule has 2 atom stereocenters. The van der Waals surface area contributed by atoms with Gasteiger partial charge in [-0.05, 0) is 140 Å². The van der Waals surface area contributed by atoms with Gasteiger partial charge in [-0.2, -0.15) is 0 Å². The molecule has 0 fully saturated rings. The topological polar surface area (TPSA) is 226 Å². The van der Waals surface area contributed by atoms with Crippen LogP contribution in [0.4, 0.5) is 0 Å². The highest BCUT2D eigenvalue weighted by atomic mass is 28.4. The van der Waals surface area contributed by atoms with Gasteiger partial charge in [0.25, 0.3) is 23.6 Å². The van der Waals surface area contributed by atoms with Gasteiger partial charge in [-0.25, -0.2) is 0 Å². The second kappa shape index (κ2) is 36.4. The van der Waals surface area contributed by atoms with E-state index in [0.717, 1.165) is 43.2 Å². The van der Waals surface area contributed by atoms with Crippen LogP contribution in [0.1, 0.15) is 186 Å². The standard InChI is InChI=1S/C100H116N4O18Si2/c1-61(2)89(95(109)101(57-63-29-25-23-26-30-63)49-51-117-59-123(111-17,112-18)113-19)103-91(105)73-53-77(119-69-41-33-65(34-42-69)97(5,6)7)83-85-79(121-71-45-37-67(38-46-71)99(11,12)13)55-75-82-76(94(108)104(93(75)107)90(62(3)4)96(110)102(58-64-31-27-24-28-32-64)50-52-118-60-124(114-20,115-21)116-22)56-80(122-72-47-39-68(40-48-72)100(14,15)16)86(88(82)85)84-78(54-74(92(103)106)81(73)87(83)84)120-70-43-35-66(36-44-70)98(8,9)10/h23-48,53-56,61-62,89-90H,49-52,57-60H2,1-22H3. The van der Waals surface area contributed by atoms with Gasteiger partial charge < -0.3 is 64.8 Å². The lowest BCUT2D eigenvalue weighted by Crippen LogP contribution is -2.57. The molecule has 652 valence electrons. The monoisotopic (exact) mass is 1720 g/mol. The molecule has 22 nitrogen and oxygen atoms in total. The largest absolute Gasteiger partial charge is 0.527 e. The normalized spacial score (nSPS) is 14.1. The molecule has 2 aliphatic heterocycles. The van der Waals surface area contributed by atoms with Crippen molar-refractivity contribution < 1.29 is 83.7 Å². The number of carbonyl (C=O) groups is 6. The first-order chi connectivity index (χ1) is 58.8. The van der Waals surface area contributed by atoms with Crippen LogP contribution >= 0.6 is 0 Å². The lowest BCUT2D eigenvalue weighted by atomic mass is 9.80. The van der Waals surface area contributed by atoms with Crippen LogP contribution in [0.3, 0.4) is 0 Å². The van der Waals surface area contributed by atoms with Crippen molar-refractivity contribution in [3.63, 3.8) is 0 Å². The van der Waals surface area contributed by atoms with Gasteiger partial charge in [-0.3, -0.25) is 38.6 Å². The summed E-state index contributed by atoms with van der Waals surface area (Å²) in [7, 11) is 2.39. The number of fused-ring (bicyclic) bond motifs is 2. The Morgan fingerprint density at radius 3 is 0.774 bits per heavy atom. The van der Waals surface area contributed by atoms with E-state index >= 15 is 28.8 Å². The molecule has 124 heavy (non-hydrogen) atoms. The summed E-state index contributed by atoms with van der Waals surface area (Å²) < 4.78 is 76.6. The van der Waals surface area contributed by atoms with E-state index in [4.69, 9.17) is 55.0 Å². The summed E-state index contributed by atoms with van der Waals surface area (Å²) in [5.74, 6) is -4.00. The summed E-state index contributed by atoms with van der Waals surface area (Å²) in [4.78, 5) is 106. The fourth-order valence-electron chi connectivity index (χ4n) is 16.5. The smallest absolute Gasteiger partial charge is 0.457 e. The predicted molar refractivity (Wildman–Crippen MR) is 486 cm³/mol. The van der Waals surface area contributed by atoms with Gasteiger partial charge in [0.05, 0.1) is 35.5 Å². The quantitative estimate of drug-likeness (QED) is 0.0120. The van der Waals surface area contributed by atoms with Gasteiger partial charge >= 0.3 is 17.6 Å². The highest BCUT2D eigenvalue weighted by Crippen LogP contribution is 2.59. The van der Waals surface area contributed by atoms with Crippen LogP contribution in [0.2, 0.25) is 0 Å². The van der Waals surface area contributed by atoms with Crippen LogP contribution in [0.25, 0.3) is 43.1 Å². The lowest BCUT2D eigenvalue weighted by Gasteiger charge is -2.39. The highest BCUT2D eigenvalue weighted by Gasteiger charge is 2.50. The summed E-state index contributed by atoms with van der Waals surface area (Å²) in [5, 5.41) is 2.01. The zero-order valence-electron chi connectivity index (χ0n) is 75.4. The van der Waals surface area contributed by atoms with Gasteiger partial charge in [-0.15, -0.1) is 0 Å². The molecule has 0 radical (unpaired) electrons. The Hall–Kier alpha value is -10.7. The fraction of sp³-hybridized carbons (Fsp3) is 0.380. The van der Waals surface area contributed by atoms with Crippen molar-refractivity contribution in [2.24, 2.45) is 11.8 Å². The maximum Gasteiger partial charge on any atom is 0.527 e. The molecule has 0 aromatic heterocycles. The molecule has 2 heterocycles. The Labute approximate surface area is 729 Å². The van der Waals surface area contributed by atoms with Gasteiger partial charge in [-0.1, -0.05) is 220 Å². The molecule has 2 aliphatic rings. The van der Waals surface area contributed by atoms with Gasteiger partial charge in [0.2, 0.25) is 11.8 Å². The predicted octanol–water partition coefficient (Wildman–Crippen LogP) is 20.3. The molecule has 0 N–H and O–H groups in total. The molecule has 0 aliphatic carbocycles. The molecule has 0 saturated carbocycles. The zero-order chi connectivity index (χ0) is 89.4. The number of rotatable bonds is 34. The Bertz CT molecular complexity index is 5140. The number of carbonyl (C=O) groups excluding carboxylic acids is 6. The van der Waals surface area contributed by atoms with Crippen LogP contribution in [-0.4, -0.2) is 166 Å². The lowest BCUT2D eigenvalue weighted by molar-refractivity contribution is -0.139. The van der Waals surface area contributed by atoms with Gasteiger partial charge in [0, 0.05) is 112 Å². The SMILES string of the molecule is CO[Si](COCCN(Cc1ccccc1)C(=O)C(C(C)C)N1C(=O)c2cc(Oc3ccc(C(C)(C)C)cc3)c3c4c(Oc5ccc(C(C)(C)C)cc5)cc5c6c(cc(Oc7ccc(C(C)(C)C)cc7)c(c7c(Oc8ccc(C(C)(C)C)cc8)cc(c2c37)C1=O)c64)C(=O)N(C(C(=O)N(CCOC[Si](OC)(OC)OC)Cc1ccccc1)C(C)C)C5=O)(OC)OC. The number of ether oxygens (including phenoxy) is 6. The molecule has 2 unspecified atom stereocenters. The van der Waals surface area contributed by atoms with Crippen LogP contribution in [0.15, 0.2) is 182 Å². The van der Waals surface area contributed by atoms with Crippen molar-refractivity contribution >= 4 is 96.1 Å². The first-order valence-electron chi connectivity index (χ1n) is 42.2. The zero-order valence-corrected chi connectivity index (χ0v) is 77.4. The van der Waals surface area contributed by atoms with Crippen molar-refractivity contribution in [3.8, 4) is 46.0 Å². The minimum atomic E-state index is -3.26. The van der Waals surface area contributed by atoms with Crippen molar-refractivity contribution in [2.45, 2.75) is 158 Å². The molecule has 0 spiro atoms. The molecule has 13 rings (SSSR count). The third-order valence-electron chi connectivity index (χ3n) is 23.6. The van der Waals surface area contributed by atoms with Crippen molar-refractivity contribution in [2.75, 3.05) is 81.4 Å². The Morgan fingerprint density at radius 2 is 0.565 bits per heavy atom. The summed E-state index contributed by atoms with van der Waals surface area (Å²) in [6.45, 7) is 32.7. The minimum absolute atomic E-state index is 0.00365. The van der Waals surface area contributed by atoms with E-state index in [0.29, 0.717) is 23.0 Å². The number of hydrogen-bond donors (Lipinski definition) is 0.